The monoisotopic (exact) mass is 347 g/mol. The SMILES string of the molecule is CCCCCCCCCCCCCCN1CC[Se]CC1. The molecule has 0 unspecified atom stereocenters. The zero-order chi connectivity index (χ0) is 14.3. The van der Waals surface area contributed by atoms with Crippen molar-refractivity contribution in [2.45, 2.75) is 94.6 Å². The Morgan fingerprint density at radius 1 is 0.650 bits per heavy atom. The molecule has 0 radical (unpaired) electrons. The van der Waals surface area contributed by atoms with Crippen LogP contribution in [0.25, 0.3) is 0 Å². The van der Waals surface area contributed by atoms with Gasteiger partial charge in [0.25, 0.3) is 0 Å². The predicted octanol–water partition coefficient (Wildman–Crippen LogP) is 5.54. The quantitative estimate of drug-likeness (QED) is 0.312. The molecule has 0 amide bonds. The van der Waals surface area contributed by atoms with Crippen molar-refractivity contribution in [3.8, 4) is 0 Å². The first kappa shape index (κ1) is 18.5. The van der Waals surface area contributed by atoms with Crippen LogP contribution in [-0.2, 0) is 0 Å². The normalized spacial score (nSPS) is 16.6. The second kappa shape index (κ2) is 14.4. The standard InChI is InChI=1S/C18H37NSe/c1-2-3-4-5-6-7-8-9-10-11-12-13-14-19-15-17-20-18-16-19/h2-18H2,1H3. The van der Waals surface area contributed by atoms with Gasteiger partial charge in [-0.15, -0.1) is 0 Å². The van der Waals surface area contributed by atoms with E-state index in [1.165, 1.54) is 107 Å². The fourth-order valence-electron chi connectivity index (χ4n) is 3.00. The van der Waals surface area contributed by atoms with Crippen molar-refractivity contribution in [2.24, 2.45) is 0 Å². The van der Waals surface area contributed by atoms with Crippen LogP contribution in [0, 0.1) is 0 Å². The molecule has 120 valence electrons. The summed E-state index contributed by atoms with van der Waals surface area (Å²) in [5.41, 5.74) is 0. The summed E-state index contributed by atoms with van der Waals surface area (Å²) in [4.78, 5) is 2.70. The van der Waals surface area contributed by atoms with Crippen LogP contribution in [0.4, 0.5) is 0 Å². The van der Waals surface area contributed by atoms with Crippen LogP contribution >= 0.6 is 0 Å². The van der Waals surface area contributed by atoms with Crippen LogP contribution in [0.15, 0.2) is 0 Å². The van der Waals surface area contributed by atoms with Crippen LogP contribution in [0.3, 0.4) is 0 Å². The molecule has 1 aliphatic rings. The van der Waals surface area contributed by atoms with E-state index in [2.05, 4.69) is 11.8 Å². The average molecular weight is 346 g/mol. The van der Waals surface area contributed by atoms with Crippen LogP contribution in [-0.4, -0.2) is 39.5 Å². The molecule has 2 heteroatoms. The molecule has 1 fully saturated rings. The predicted molar refractivity (Wildman–Crippen MR) is 92.9 cm³/mol. The minimum atomic E-state index is 0.979. The molecule has 1 nitrogen and oxygen atoms in total. The van der Waals surface area contributed by atoms with E-state index in [0.717, 1.165) is 15.0 Å². The van der Waals surface area contributed by atoms with Gasteiger partial charge in [-0.25, -0.2) is 0 Å². The number of hydrogen-bond acceptors (Lipinski definition) is 1. The molecule has 0 aromatic rings. The van der Waals surface area contributed by atoms with Crippen LogP contribution in [0.2, 0.25) is 10.6 Å². The molecular weight excluding hydrogens is 309 g/mol. The number of nitrogens with zero attached hydrogens (tertiary/aromatic N) is 1. The van der Waals surface area contributed by atoms with E-state index in [1.54, 1.807) is 0 Å². The van der Waals surface area contributed by atoms with Gasteiger partial charge >= 0.3 is 101 Å². The fourth-order valence-corrected chi connectivity index (χ4v) is 5.05. The van der Waals surface area contributed by atoms with Gasteiger partial charge in [0.2, 0.25) is 0 Å². The maximum atomic E-state index is 2.70. The third-order valence-corrected chi connectivity index (χ3v) is 6.41. The molecular formula is C18H37NSe. The van der Waals surface area contributed by atoms with Gasteiger partial charge in [0.1, 0.15) is 0 Å². The molecule has 1 heterocycles. The van der Waals surface area contributed by atoms with E-state index < -0.39 is 0 Å². The summed E-state index contributed by atoms with van der Waals surface area (Å²) in [5, 5.41) is 3.01. The van der Waals surface area contributed by atoms with Crippen molar-refractivity contribution >= 4 is 15.0 Å². The van der Waals surface area contributed by atoms with Crippen molar-refractivity contribution in [3.63, 3.8) is 0 Å². The first-order valence-electron chi connectivity index (χ1n) is 9.23. The molecule has 20 heavy (non-hydrogen) atoms. The summed E-state index contributed by atoms with van der Waals surface area (Å²) >= 11 is 0.979. The van der Waals surface area contributed by atoms with E-state index in [4.69, 9.17) is 0 Å². The first-order chi connectivity index (χ1) is 9.93. The Kier molecular flexibility index (Phi) is 13.4. The third-order valence-electron chi connectivity index (χ3n) is 4.43. The van der Waals surface area contributed by atoms with Crippen molar-refractivity contribution in [1.82, 2.24) is 4.90 Å². The molecule has 1 rings (SSSR count). The van der Waals surface area contributed by atoms with Gasteiger partial charge in [-0.05, 0) is 0 Å². The van der Waals surface area contributed by atoms with Gasteiger partial charge in [-0.2, -0.15) is 0 Å². The van der Waals surface area contributed by atoms with E-state index in [9.17, 15) is 0 Å². The van der Waals surface area contributed by atoms with E-state index >= 15 is 0 Å². The van der Waals surface area contributed by atoms with Gasteiger partial charge < -0.3 is 0 Å². The summed E-state index contributed by atoms with van der Waals surface area (Å²) < 4.78 is 0. The van der Waals surface area contributed by atoms with Gasteiger partial charge in [-0.1, -0.05) is 32.6 Å². The summed E-state index contributed by atoms with van der Waals surface area (Å²) in [6.45, 7) is 6.48. The Morgan fingerprint density at radius 2 is 1.10 bits per heavy atom. The summed E-state index contributed by atoms with van der Waals surface area (Å²) in [6.07, 6.45) is 17.6. The first-order valence-corrected chi connectivity index (χ1v) is 11.7. The van der Waals surface area contributed by atoms with Gasteiger partial charge in [-0.3, -0.25) is 0 Å². The number of unbranched alkanes of at least 4 members (excludes halogenated alkanes) is 11. The van der Waals surface area contributed by atoms with Gasteiger partial charge in [0, 0.05) is 0 Å². The van der Waals surface area contributed by atoms with Gasteiger partial charge in [0.15, 0.2) is 0 Å². The Hall–Kier alpha value is 0.479. The van der Waals surface area contributed by atoms with E-state index in [1.807, 2.05) is 0 Å². The Balaban J connectivity index is 1.70. The minimum absolute atomic E-state index is 0.979. The second-order valence-corrected chi connectivity index (χ2v) is 8.91. The molecule has 1 aliphatic heterocycles. The summed E-state index contributed by atoms with van der Waals surface area (Å²) in [5.74, 6) is 0. The molecule has 0 aromatic heterocycles. The molecule has 0 aromatic carbocycles. The maximum absolute atomic E-state index is 2.70. The third kappa shape index (κ3) is 11.2. The molecule has 0 spiro atoms. The van der Waals surface area contributed by atoms with Crippen molar-refractivity contribution in [3.05, 3.63) is 0 Å². The number of rotatable bonds is 13. The van der Waals surface area contributed by atoms with E-state index in [-0.39, 0.29) is 0 Å². The topological polar surface area (TPSA) is 3.24 Å². The van der Waals surface area contributed by atoms with Crippen LogP contribution in [0.5, 0.6) is 0 Å². The van der Waals surface area contributed by atoms with Crippen molar-refractivity contribution in [1.29, 1.82) is 0 Å². The average Bonchev–Trinajstić information content (AvgIpc) is 2.49. The Bertz CT molecular complexity index is 190. The van der Waals surface area contributed by atoms with Crippen molar-refractivity contribution < 1.29 is 0 Å². The summed E-state index contributed by atoms with van der Waals surface area (Å²) in [6, 6.07) is 0. The molecule has 0 atom stereocenters. The molecule has 1 saturated heterocycles. The molecule has 0 saturated carbocycles. The van der Waals surface area contributed by atoms with Crippen LogP contribution in [0.1, 0.15) is 84.0 Å². The zero-order valence-electron chi connectivity index (χ0n) is 13.9. The number of hydrogen-bond donors (Lipinski definition) is 0. The van der Waals surface area contributed by atoms with E-state index in [0.29, 0.717) is 0 Å². The van der Waals surface area contributed by atoms with Gasteiger partial charge in [0.05, 0.1) is 0 Å². The molecule has 0 N–H and O–H groups in total. The van der Waals surface area contributed by atoms with Crippen molar-refractivity contribution in [2.75, 3.05) is 19.6 Å². The Morgan fingerprint density at radius 3 is 1.60 bits per heavy atom. The summed E-state index contributed by atoms with van der Waals surface area (Å²) in [7, 11) is 0. The molecule has 0 aliphatic carbocycles. The molecule has 0 bridgehead atoms. The van der Waals surface area contributed by atoms with Crippen LogP contribution < -0.4 is 0 Å². The fraction of sp³-hybridized carbons (Fsp3) is 1.00. The Labute approximate surface area is 134 Å². The second-order valence-electron chi connectivity index (χ2n) is 6.34. The zero-order valence-corrected chi connectivity index (χ0v) is 15.6.